The first-order chi connectivity index (χ1) is 9.69. The Kier molecular flexibility index (Phi) is 3.28. The lowest BCUT2D eigenvalue weighted by molar-refractivity contribution is 0.408. The van der Waals surface area contributed by atoms with Crippen molar-refractivity contribution in [3.63, 3.8) is 0 Å². The zero-order chi connectivity index (χ0) is 14.1. The van der Waals surface area contributed by atoms with E-state index in [9.17, 15) is 4.79 Å². The summed E-state index contributed by atoms with van der Waals surface area (Å²) in [5, 5.41) is 2.56. The van der Waals surface area contributed by atoms with E-state index in [0.717, 1.165) is 21.7 Å². The number of hydrogen-bond donors (Lipinski definition) is 0. The van der Waals surface area contributed by atoms with Gasteiger partial charge in [-0.05, 0) is 24.4 Å². The number of aromatic nitrogens is 2. The number of thiophene rings is 1. The molecule has 20 heavy (non-hydrogen) atoms. The summed E-state index contributed by atoms with van der Waals surface area (Å²) in [5.41, 5.74) is 2.10. The van der Waals surface area contributed by atoms with E-state index in [2.05, 4.69) is 4.98 Å². The Hall–Kier alpha value is -2.14. The van der Waals surface area contributed by atoms with Crippen LogP contribution in [0, 0.1) is 6.92 Å². The maximum absolute atomic E-state index is 12.4. The second-order valence-electron chi connectivity index (χ2n) is 4.63. The second kappa shape index (κ2) is 5.09. The molecule has 0 saturated heterocycles. The number of ether oxygens (including phenoxy) is 1. The fourth-order valence-electron chi connectivity index (χ4n) is 2.22. The highest BCUT2D eigenvalue weighted by molar-refractivity contribution is 7.16. The molecular weight excluding hydrogens is 272 g/mol. The number of rotatable bonds is 3. The maximum atomic E-state index is 12.4. The normalized spacial score (nSPS) is 10.9. The van der Waals surface area contributed by atoms with Gasteiger partial charge in [0.15, 0.2) is 0 Å². The van der Waals surface area contributed by atoms with Crippen molar-refractivity contribution in [1.82, 2.24) is 9.55 Å². The van der Waals surface area contributed by atoms with E-state index in [1.54, 1.807) is 18.0 Å². The van der Waals surface area contributed by atoms with Gasteiger partial charge >= 0.3 is 0 Å². The summed E-state index contributed by atoms with van der Waals surface area (Å²) < 4.78 is 6.97. The SMILES string of the molecule is COc1ccc(C)cc1Cn1cnc2sccc2c1=O. The minimum atomic E-state index is -0.0141. The average molecular weight is 286 g/mol. The summed E-state index contributed by atoms with van der Waals surface area (Å²) in [7, 11) is 1.64. The van der Waals surface area contributed by atoms with E-state index in [4.69, 9.17) is 4.74 Å². The topological polar surface area (TPSA) is 44.1 Å². The predicted molar refractivity (Wildman–Crippen MR) is 80.7 cm³/mol. The molecule has 0 saturated carbocycles. The molecule has 0 aliphatic carbocycles. The van der Waals surface area contributed by atoms with Crippen molar-refractivity contribution in [3.05, 3.63) is 57.5 Å². The van der Waals surface area contributed by atoms with Crippen LogP contribution in [-0.2, 0) is 6.54 Å². The molecule has 0 amide bonds. The first kappa shape index (κ1) is 12.9. The highest BCUT2D eigenvalue weighted by Crippen LogP contribution is 2.21. The van der Waals surface area contributed by atoms with Gasteiger partial charge in [-0.2, -0.15) is 0 Å². The summed E-state index contributed by atoms with van der Waals surface area (Å²) in [5.74, 6) is 0.785. The van der Waals surface area contributed by atoms with Crippen LogP contribution in [0.2, 0.25) is 0 Å². The molecular formula is C15H14N2O2S. The molecule has 0 spiro atoms. The highest BCUT2D eigenvalue weighted by atomic mass is 32.1. The van der Waals surface area contributed by atoms with Gasteiger partial charge in [-0.25, -0.2) is 4.98 Å². The van der Waals surface area contributed by atoms with Crippen LogP contribution in [0.15, 0.2) is 40.8 Å². The van der Waals surface area contributed by atoms with Crippen LogP contribution in [-0.4, -0.2) is 16.7 Å². The van der Waals surface area contributed by atoms with Crippen molar-refractivity contribution in [2.75, 3.05) is 7.11 Å². The lowest BCUT2D eigenvalue weighted by atomic mass is 10.1. The van der Waals surface area contributed by atoms with E-state index in [0.29, 0.717) is 11.9 Å². The number of aryl methyl sites for hydroxylation is 1. The molecule has 4 nitrogen and oxygen atoms in total. The number of hydrogen-bond acceptors (Lipinski definition) is 4. The van der Waals surface area contributed by atoms with E-state index >= 15 is 0 Å². The zero-order valence-electron chi connectivity index (χ0n) is 11.3. The van der Waals surface area contributed by atoms with Crippen molar-refractivity contribution in [2.45, 2.75) is 13.5 Å². The summed E-state index contributed by atoms with van der Waals surface area (Å²) in [6.07, 6.45) is 1.60. The molecule has 1 aromatic carbocycles. The smallest absolute Gasteiger partial charge is 0.262 e. The molecule has 2 heterocycles. The van der Waals surface area contributed by atoms with Gasteiger partial charge in [-0.1, -0.05) is 17.7 Å². The zero-order valence-corrected chi connectivity index (χ0v) is 12.1. The predicted octanol–water partition coefficient (Wildman–Crippen LogP) is 2.82. The molecule has 3 rings (SSSR count). The second-order valence-corrected chi connectivity index (χ2v) is 5.53. The third-order valence-corrected chi connectivity index (χ3v) is 4.05. The van der Waals surface area contributed by atoms with Gasteiger partial charge in [-0.3, -0.25) is 9.36 Å². The van der Waals surface area contributed by atoms with Crippen LogP contribution in [0.4, 0.5) is 0 Å². The van der Waals surface area contributed by atoms with Crippen LogP contribution in [0.5, 0.6) is 5.75 Å². The molecule has 3 aromatic rings. The van der Waals surface area contributed by atoms with Gasteiger partial charge < -0.3 is 4.74 Å². The molecule has 0 bridgehead atoms. The first-order valence-electron chi connectivity index (χ1n) is 6.25. The number of benzene rings is 1. The molecule has 0 atom stereocenters. The van der Waals surface area contributed by atoms with E-state index in [-0.39, 0.29) is 5.56 Å². The Morgan fingerprint density at radius 1 is 1.35 bits per heavy atom. The van der Waals surface area contributed by atoms with Crippen LogP contribution >= 0.6 is 11.3 Å². The highest BCUT2D eigenvalue weighted by Gasteiger charge is 2.08. The molecule has 2 aromatic heterocycles. The summed E-state index contributed by atoms with van der Waals surface area (Å²) in [4.78, 5) is 17.5. The molecule has 0 unspecified atom stereocenters. The Bertz CT molecular complexity index is 820. The lowest BCUT2D eigenvalue weighted by Gasteiger charge is -2.11. The number of methoxy groups -OCH3 is 1. The standard InChI is InChI=1S/C15H14N2O2S/c1-10-3-4-13(19-2)11(7-10)8-17-9-16-14-12(15(17)18)5-6-20-14/h3-7,9H,8H2,1-2H3. The molecule has 0 fully saturated rings. The van der Waals surface area contributed by atoms with Gasteiger partial charge in [0, 0.05) is 5.56 Å². The monoisotopic (exact) mass is 286 g/mol. The third kappa shape index (κ3) is 2.20. The summed E-state index contributed by atoms with van der Waals surface area (Å²) in [6.45, 7) is 2.48. The maximum Gasteiger partial charge on any atom is 0.262 e. The van der Waals surface area contributed by atoms with Crippen molar-refractivity contribution in [2.24, 2.45) is 0 Å². The molecule has 5 heteroatoms. The Balaban J connectivity index is 2.07. The van der Waals surface area contributed by atoms with Gasteiger partial charge in [-0.15, -0.1) is 11.3 Å². The van der Waals surface area contributed by atoms with Crippen LogP contribution < -0.4 is 10.3 Å². The lowest BCUT2D eigenvalue weighted by Crippen LogP contribution is -2.20. The largest absolute Gasteiger partial charge is 0.496 e. The third-order valence-electron chi connectivity index (χ3n) is 3.23. The first-order valence-corrected chi connectivity index (χ1v) is 7.13. The minimum absolute atomic E-state index is 0.0141. The van der Waals surface area contributed by atoms with Crippen LogP contribution in [0.3, 0.4) is 0 Å². The quantitative estimate of drug-likeness (QED) is 0.743. The van der Waals surface area contributed by atoms with Crippen LogP contribution in [0.25, 0.3) is 10.2 Å². The Labute approximate surface area is 120 Å². The Morgan fingerprint density at radius 2 is 2.20 bits per heavy atom. The fourth-order valence-corrected chi connectivity index (χ4v) is 2.94. The van der Waals surface area contributed by atoms with E-state index in [1.807, 2.05) is 36.6 Å². The van der Waals surface area contributed by atoms with Crippen molar-refractivity contribution >= 4 is 21.6 Å². The van der Waals surface area contributed by atoms with Gasteiger partial charge in [0.2, 0.25) is 0 Å². The molecule has 0 aliphatic heterocycles. The fraction of sp³-hybridized carbons (Fsp3) is 0.200. The average Bonchev–Trinajstić information content (AvgIpc) is 2.91. The summed E-state index contributed by atoms with van der Waals surface area (Å²) in [6, 6.07) is 7.76. The van der Waals surface area contributed by atoms with Gasteiger partial charge in [0.25, 0.3) is 5.56 Å². The summed E-state index contributed by atoms with van der Waals surface area (Å²) >= 11 is 1.48. The van der Waals surface area contributed by atoms with Crippen molar-refractivity contribution < 1.29 is 4.74 Å². The Morgan fingerprint density at radius 3 is 3.00 bits per heavy atom. The van der Waals surface area contributed by atoms with E-state index in [1.165, 1.54) is 11.3 Å². The molecule has 0 N–H and O–H groups in total. The molecule has 0 aliphatic rings. The van der Waals surface area contributed by atoms with E-state index < -0.39 is 0 Å². The molecule has 102 valence electrons. The van der Waals surface area contributed by atoms with Gasteiger partial charge in [0.05, 0.1) is 25.4 Å². The number of fused-ring (bicyclic) bond motifs is 1. The van der Waals surface area contributed by atoms with Gasteiger partial charge in [0.1, 0.15) is 10.6 Å². The molecule has 0 radical (unpaired) electrons. The van der Waals surface area contributed by atoms with Crippen molar-refractivity contribution in [3.8, 4) is 5.75 Å². The number of nitrogens with zero attached hydrogens (tertiary/aromatic N) is 2. The minimum Gasteiger partial charge on any atom is -0.496 e. The van der Waals surface area contributed by atoms with Crippen LogP contribution in [0.1, 0.15) is 11.1 Å². The van der Waals surface area contributed by atoms with Crippen molar-refractivity contribution in [1.29, 1.82) is 0 Å².